The van der Waals surface area contributed by atoms with Crippen LogP contribution in [0.1, 0.15) is 31.2 Å². The van der Waals surface area contributed by atoms with Gasteiger partial charge in [-0.3, -0.25) is 19.3 Å². The highest BCUT2D eigenvalue weighted by Crippen LogP contribution is 2.34. The van der Waals surface area contributed by atoms with Crippen LogP contribution in [-0.2, 0) is 36.9 Å². The van der Waals surface area contributed by atoms with Gasteiger partial charge in [-0.25, -0.2) is 9.78 Å². The lowest BCUT2D eigenvalue weighted by atomic mass is 10.0. The van der Waals surface area contributed by atoms with Crippen molar-refractivity contribution in [1.29, 1.82) is 0 Å². The van der Waals surface area contributed by atoms with Crippen LogP contribution in [0.25, 0.3) is 22.6 Å². The summed E-state index contributed by atoms with van der Waals surface area (Å²) < 4.78 is 16.5. The highest BCUT2D eigenvalue weighted by atomic mass is 16.6. The van der Waals surface area contributed by atoms with Crippen LogP contribution in [0.2, 0.25) is 0 Å². The highest BCUT2D eigenvalue weighted by molar-refractivity contribution is 5.97. The first kappa shape index (κ1) is 30.0. The fourth-order valence-corrected chi connectivity index (χ4v) is 4.95. The number of aromatic nitrogens is 1. The van der Waals surface area contributed by atoms with Crippen LogP contribution in [0, 0.1) is 0 Å². The number of carbonyl (C=O) groups is 4. The second-order valence-electron chi connectivity index (χ2n) is 10.1. The average molecular weight is 597 g/mol. The van der Waals surface area contributed by atoms with Gasteiger partial charge in [0.1, 0.15) is 24.8 Å². The smallest absolute Gasteiger partial charge is 0.410 e. The van der Waals surface area contributed by atoms with Crippen LogP contribution < -0.4 is 10.6 Å². The van der Waals surface area contributed by atoms with Crippen LogP contribution >= 0.6 is 0 Å². The molecule has 0 unspecified atom stereocenters. The van der Waals surface area contributed by atoms with Crippen LogP contribution in [0.3, 0.4) is 0 Å². The molecule has 0 bridgehead atoms. The predicted octanol–water partition coefficient (Wildman–Crippen LogP) is 5.42. The number of amides is 3. The summed E-state index contributed by atoms with van der Waals surface area (Å²) in [5.41, 5.74) is 3.92. The fraction of sp³-hybridized carbons (Fsp3) is 0.242. The zero-order valence-electron chi connectivity index (χ0n) is 24.2. The summed E-state index contributed by atoms with van der Waals surface area (Å²) in [5, 5.41) is 5.49. The lowest BCUT2D eigenvalue weighted by molar-refractivity contribution is -0.142. The molecule has 5 rings (SSSR count). The van der Waals surface area contributed by atoms with Crippen molar-refractivity contribution in [2.75, 3.05) is 23.8 Å². The number of esters is 1. The van der Waals surface area contributed by atoms with E-state index in [1.807, 2.05) is 30.3 Å². The first-order valence-electron chi connectivity index (χ1n) is 14.3. The van der Waals surface area contributed by atoms with Gasteiger partial charge in [0.05, 0.1) is 6.61 Å². The number of anilines is 2. The minimum absolute atomic E-state index is 0.133. The summed E-state index contributed by atoms with van der Waals surface area (Å²) in [6.07, 6.45) is 1.18. The first-order valence-corrected chi connectivity index (χ1v) is 14.3. The Morgan fingerprint density at radius 1 is 0.955 bits per heavy atom. The van der Waals surface area contributed by atoms with E-state index in [0.717, 1.165) is 5.56 Å². The molecule has 1 saturated heterocycles. The van der Waals surface area contributed by atoms with E-state index in [1.165, 1.54) is 4.90 Å². The Bertz CT molecular complexity index is 1600. The Hall–Kier alpha value is -5.45. The molecular weight excluding hydrogens is 564 g/mol. The van der Waals surface area contributed by atoms with E-state index in [-0.39, 0.29) is 31.4 Å². The van der Waals surface area contributed by atoms with E-state index < -0.39 is 18.1 Å². The van der Waals surface area contributed by atoms with Gasteiger partial charge in [-0.1, -0.05) is 42.5 Å². The largest absolute Gasteiger partial charge is 0.466 e. The summed E-state index contributed by atoms with van der Waals surface area (Å²) >= 11 is 0. The zero-order valence-corrected chi connectivity index (χ0v) is 24.2. The van der Waals surface area contributed by atoms with Crippen molar-refractivity contribution in [2.45, 2.75) is 38.8 Å². The van der Waals surface area contributed by atoms with Gasteiger partial charge in [0.2, 0.25) is 18.2 Å². The summed E-state index contributed by atoms with van der Waals surface area (Å²) in [5.74, 6) is -0.120. The normalized spacial score (nSPS) is 14.1. The molecule has 3 amide bonds. The maximum Gasteiger partial charge on any atom is 0.410 e. The number of hydrogen-bond acceptors (Lipinski definition) is 8. The molecule has 226 valence electrons. The van der Waals surface area contributed by atoms with Crippen LogP contribution in [0.15, 0.2) is 83.3 Å². The molecule has 2 heterocycles. The number of nitrogens with one attached hydrogen (secondary N) is 2. The third-order valence-electron chi connectivity index (χ3n) is 7.07. The molecule has 1 aromatic heterocycles. The molecule has 1 aliphatic rings. The number of rotatable bonds is 11. The van der Waals surface area contributed by atoms with Crippen molar-refractivity contribution in [3.63, 3.8) is 0 Å². The van der Waals surface area contributed by atoms with Crippen molar-refractivity contribution in [2.24, 2.45) is 0 Å². The monoisotopic (exact) mass is 596 g/mol. The quantitative estimate of drug-likeness (QED) is 0.173. The Kier molecular flexibility index (Phi) is 9.65. The van der Waals surface area contributed by atoms with E-state index >= 15 is 0 Å². The predicted molar refractivity (Wildman–Crippen MR) is 162 cm³/mol. The third kappa shape index (κ3) is 7.30. The van der Waals surface area contributed by atoms with E-state index in [0.29, 0.717) is 59.8 Å². The summed E-state index contributed by atoms with van der Waals surface area (Å²) in [4.78, 5) is 54.9. The van der Waals surface area contributed by atoms with Gasteiger partial charge in [-0.05, 0) is 61.7 Å². The lowest BCUT2D eigenvalue weighted by Crippen LogP contribution is -2.43. The summed E-state index contributed by atoms with van der Waals surface area (Å²) in [6, 6.07) is 22.8. The number of hydrogen-bond donors (Lipinski definition) is 2. The third-order valence-corrected chi connectivity index (χ3v) is 7.07. The minimum atomic E-state index is -0.637. The maximum atomic E-state index is 13.2. The van der Waals surface area contributed by atoms with Crippen LogP contribution in [0.4, 0.5) is 16.2 Å². The molecule has 2 N–H and O–H groups in total. The van der Waals surface area contributed by atoms with E-state index in [2.05, 4.69) is 15.6 Å². The molecule has 3 aromatic carbocycles. The SMILES string of the molecule is CCOC(=O)Cc1nc(-c2ccc(NC(=O)[C@@H]3CCCN3C(=O)OCc3ccccc3)cc2)c(-c2ccc(NC=O)cc2)o1. The Labute approximate surface area is 254 Å². The Morgan fingerprint density at radius 2 is 1.66 bits per heavy atom. The Balaban J connectivity index is 1.29. The molecule has 11 nitrogen and oxygen atoms in total. The van der Waals surface area contributed by atoms with Crippen LogP contribution in [0.5, 0.6) is 0 Å². The van der Waals surface area contributed by atoms with E-state index in [4.69, 9.17) is 13.9 Å². The molecule has 1 atom stereocenters. The van der Waals surface area contributed by atoms with Gasteiger partial charge in [0, 0.05) is 29.0 Å². The molecule has 0 spiro atoms. The summed E-state index contributed by atoms with van der Waals surface area (Å²) in [6.45, 7) is 2.55. The molecule has 0 saturated carbocycles. The molecule has 1 fully saturated rings. The van der Waals surface area contributed by atoms with Gasteiger partial charge in [-0.2, -0.15) is 0 Å². The topological polar surface area (TPSA) is 140 Å². The highest BCUT2D eigenvalue weighted by Gasteiger charge is 2.35. The van der Waals surface area contributed by atoms with Crippen molar-refractivity contribution in [1.82, 2.24) is 9.88 Å². The summed E-state index contributed by atoms with van der Waals surface area (Å²) in [7, 11) is 0. The number of benzene rings is 3. The molecule has 1 aliphatic heterocycles. The zero-order chi connectivity index (χ0) is 30.9. The number of nitrogens with zero attached hydrogens (tertiary/aromatic N) is 2. The lowest BCUT2D eigenvalue weighted by Gasteiger charge is -2.23. The maximum absolute atomic E-state index is 13.2. The molecule has 0 radical (unpaired) electrons. The fourth-order valence-electron chi connectivity index (χ4n) is 4.95. The van der Waals surface area contributed by atoms with Crippen molar-refractivity contribution < 1.29 is 33.1 Å². The molecule has 44 heavy (non-hydrogen) atoms. The molecule has 11 heteroatoms. The van der Waals surface area contributed by atoms with Gasteiger partial charge in [-0.15, -0.1) is 0 Å². The number of oxazole rings is 1. The molecule has 0 aliphatic carbocycles. The Morgan fingerprint density at radius 3 is 2.36 bits per heavy atom. The number of ether oxygens (including phenoxy) is 2. The first-order chi connectivity index (χ1) is 21.4. The second kappa shape index (κ2) is 14.1. The standard InChI is InChI=1S/C33H32N4O7/c1-2-42-29(39)19-28-36-30(31(44-28)24-12-14-25(15-13-24)34-21-38)23-10-16-26(17-11-23)35-32(40)27-9-6-18-37(27)33(41)43-20-22-7-4-3-5-8-22/h3-5,7-8,10-17,21,27H,2,6,9,18-20H2,1H3,(H,34,38)(H,35,40)/t27-/m0/s1. The van der Waals surface area contributed by atoms with E-state index in [1.54, 1.807) is 55.5 Å². The van der Waals surface area contributed by atoms with Crippen LogP contribution in [-0.4, -0.2) is 53.5 Å². The van der Waals surface area contributed by atoms with Gasteiger partial charge in [0.25, 0.3) is 0 Å². The average Bonchev–Trinajstić information content (AvgIpc) is 3.70. The van der Waals surface area contributed by atoms with Crippen molar-refractivity contribution in [3.8, 4) is 22.6 Å². The second-order valence-corrected chi connectivity index (χ2v) is 10.1. The molecule has 4 aromatic rings. The van der Waals surface area contributed by atoms with Gasteiger partial charge >= 0.3 is 12.1 Å². The van der Waals surface area contributed by atoms with E-state index in [9.17, 15) is 19.2 Å². The minimum Gasteiger partial charge on any atom is -0.466 e. The number of likely N-dealkylation sites (tertiary alicyclic amines) is 1. The number of carbonyl (C=O) groups excluding carboxylic acids is 4. The van der Waals surface area contributed by atoms with Gasteiger partial charge < -0.3 is 24.5 Å². The van der Waals surface area contributed by atoms with Crippen molar-refractivity contribution in [3.05, 3.63) is 90.3 Å². The van der Waals surface area contributed by atoms with Gasteiger partial charge in [0.15, 0.2) is 5.76 Å². The van der Waals surface area contributed by atoms with Crippen molar-refractivity contribution >= 4 is 35.8 Å². The molecular formula is C33H32N4O7.